The van der Waals surface area contributed by atoms with Gasteiger partial charge in [-0.15, -0.1) is 10.2 Å². The van der Waals surface area contributed by atoms with Crippen LogP contribution in [-0.4, -0.2) is 32.8 Å². The molecule has 2 rings (SSSR count). The maximum atomic E-state index is 12.0. The van der Waals surface area contributed by atoms with Crippen LogP contribution in [0.3, 0.4) is 0 Å². The predicted octanol–water partition coefficient (Wildman–Crippen LogP) is 0.398. The molecule has 2 heterocycles. The molecule has 0 saturated carbocycles. The zero-order chi connectivity index (χ0) is 13.3. The molecule has 0 fully saturated rings. The van der Waals surface area contributed by atoms with E-state index in [1.54, 1.807) is 0 Å². The molecule has 0 aliphatic carbocycles. The molecule has 1 aliphatic rings. The van der Waals surface area contributed by atoms with Crippen molar-refractivity contribution < 1.29 is 4.79 Å². The van der Waals surface area contributed by atoms with Gasteiger partial charge in [0.15, 0.2) is 0 Å². The minimum Gasteiger partial charge on any atom is -0.353 e. The second-order valence-electron chi connectivity index (χ2n) is 5.34. The van der Waals surface area contributed by atoms with Gasteiger partial charge in [-0.1, -0.05) is 13.8 Å². The van der Waals surface area contributed by atoms with Gasteiger partial charge in [-0.05, 0) is 13.8 Å². The number of hydrogen-bond acceptors (Lipinski definition) is 4. The summed E-state index contributed by atoms with van der Waals surface area (Å²) in [6.45, 7) is 9.30. The van der Waals surface area contributed by atoms with E-state index in [-0.39, 0.29) is 18.0 Å². The Balaban J connectivity index is 2.13. The average molecular weight is 251 g/mol. The topological polar surface area (TPSA) is 71.8 Å². The third kappa shape index (κ3) is 2.53. The minimum atomic E-state index is -0.201. The lowest BCUT2D eigenvalue weighted by Crippen LogP contribution is -2.51. The number of rotatable bonds is 3. The van der Waals surface area contributed by atoms with Gasteiger partial charge in [-0.2, -0.15) is 0 Å². The smallest absolute Gasteiger partial charge is 0.239 e. The molecule has 0 bridgehead atoms. The van der Waals surface area contributed by atoms with Crippen molar-refractivity contribution in [1.82, 2.24) is 25.4 Å². The molecule has 100 valence electrons. The molecule has 0 radical (unpaired) electrons. The Kier molecular flexibility index (Phi) is 3.65. The van der Waals surface area contributed by atoms with Crippen LogP contribution in [0.5, 0.6) is 0 Å². The normalized spacial score (nSPS) is 19.1. The van der Waals surface area contributed by atoms with E-state index in [2.05, 4.69) is 39.2 Å². The molecule has 0 aromatic carbocycles. The molecule has 18 heavy (non-hydrogen) atoms. The van der Waals surface area contributed by atoms with E-state index in [4.69, 9.17) is 0 Å². The van der Waals surface area contributed by atoms with E-state index in [9.17, 15) is 4.79 Å². The maximum absolute atomic E-state index is 12.0. The Bertz CT molecular complexity index is 438. The highest BCUT2D eigenvalue weighted by Gasteiger charge is 2.27. The quantitative estimate of drug-likeness (QED) is 0.815. The summed E-state index contributed by atoms with van der Waals surface area (Å²) in [5.74, 6) is 2.22. The van der Waals surface area contributed by atoms with Crippen LogP contribution in [0.4, 0.5) is 0 Å². The van der Waals surface area contributed by atoms with E-state index in [0.29, 0.717) is 19.0 Å². The second-order valence-corrected chi connectivity index (χ2v) is 5.34. The van der Waals surface area contributed by atoms with Crippen molar-refractivity contribution in [3.05, 3.63) is 11.6 Å². The van der Waals surface area contributed by atoms with Gasteiger partial charge in [0.1, 0.15) is 17.7 Å². The van der Waals surface area contributed by atoms with Crippen LogP contribution in [0.1, 0.15) is 45.3 Å². The van der Waals surface area contributed by atoms with Gasteiger partial charge in [-0.3, -0.25) is 10.1 Å². The number of carbonyl (C=O) groups is 1. The third-order valence-electron chi connectivity index (χ3n) is 2.99. The minimum absolute atomic E-state index is 0.0408. The predicted molar refractivity (Wildman–Crippen MR) is 68.0 cm³/mol. The summed E-state index contributed by atoms with van der Waals surface area (Å²) in [6.07, 6.45) is 0. The highest BCUT2D eigenvalue weighted by atomic mass is 16.2. The van der Waals surface area contributed by atoms with Crippen LogP contribution < -0.4 is 10.6 Å². The summed E-state index contributed by atoms with van der Waals surface area (Å²) in [5, 5.41) is 14.5. The summed E-state index contributed by atoms with van der Waals surface area (Å²) in [5.41, 5.74) is 0. The summed E-state index contributed by atoms with van der Waals surface area (Å²) in [7, 11) is 0. The number of carbonyl (C=O) groups excluding carboxylic acids is 1. The van der Waals surface area contributed by atoms with Crippen molar-refractivity contribution in [3.8, 4) is 0 Å². The van der Waals surface area contributed by atoms with Crippen molar-refractivity contribution in [2.24, 2.45) is 0 Å². The van der Waals surface area contributed by atoms with Gasteiger partial charge in [0.25, 0.3) is 0 Å². The standard InChI is InChI=1S/C12H21N5O/c1-7(2)11-16-15-10-5-13-9(6-17(10)11)12(18)14-8(3)4/h7-9,13H,5-6H2,1-4H3,(H,14,18). The maximum Gasteiger partial charge on any atom is 0.239 e. The van der Waals surface area contributed by atoms with Crippen molar-refractivity contribution in [1.29, 1.82) is 0 Å². The van der Waals surface area contributed by atoms with Crippen LogP contribution in [0.2, 0.25) is 0 Å². The molecule has 1 aromatic rings. The van der Waals surface area contributed by atoms with Crippen LogP contribution in [-0.2, 0) is 17.9 Å². The molecule has 1 atom stereocenters. The Morgan fingerprint density at radius 3 is 2.72 bits per heavy atom. The van der Waals surface area contributed by atoms with Crippen LogP contribution in [0.15, 0.2) is 0 Å². The lowest BCUT2D eigenvalue weighted by Gasteiger charge is -2.26. The Labute approximate surface area is 107 Å². The first kappa shape index (κ1) is 13.0. The van der Waals surface area contributed by atoms with Gasteiger partial charge in [0, 0.05) is 18.5 Å². The zero-order valence-corrected chi connectivity index (χ0v) is 11.4. The van der Waals surface area contributed by atoms with Crippen molar-refractivity contribution in [3.63, 3.8) is 0 Å². The van der Waals surface area contributed by atoms with Crippen LogP contribution in [0, 0.1) is 0 Å². The van der Waals surface area contributed by atoms with Gasteiger partial charge in [-0.25, -0.2) is 0 Å². The lowest BCUT2D eigenvalue weighted by molar-refractivity contribution is -0.124. The number of nitrogens with zero attached hydrogens (tertiary/aromatic N) is 3. The third-order valence-corrected chi connectivity index (χ3v) is 2.99. The molecular formula is C12H21N5O. The van der Waals surface area contributed by atoms with Crippen LogP contribution in [0.25, 0.3) is 0 Å². The molecule has 0 saturated heterocycles. The molecule has 1 unspecified atom stereocenters. The molecular weight excluding hydrogens is 230 g/mol. The largest absolute Gasteiger partial charge is 0.353 e. The second kappa shape index (κ2) is 5.06. The number of hydrogen-bond donors (Lipinski definition) is 2. The van der Waals surface area contributed by atoms with E-state index >= 15 is 0 Å². The average Bonchev–Trinajstić information content (AvgIpc) is 2.70. The first-order valence-electron chi connectivity index (χ1n) is 6.44. The fourth-order valence-electron chi connectivity index (χ4n) is 2.13. The first-order valence-corrected chi connectivity index (χ1v) is 6.44. The highest BCUT2D eigenvalue weighted by molar-refractivity contribution is 5.82. The van der Waals surface area contributed by atoms with Gasteiger partial charge in [0.2, 0.25) is 5.91 Å². The number of aromatic nitrogens is 3. The van der Waals surface area contributed by atoms with E-state index in [1.165, 1.54) is 0 Å². The van der Waals surface area contributed by atoms with E-state index < -0.39 is 0 Å². The fraction of sp³-hybridized carbons (Fsp3) is 0.750. The van der Waals surface area contributed by atoms with Crippen molar-refractivity contribution >= 4 is 5.91 Å². The molecule has 6 heteroatoms. The molecule has 2 N–H and O–H groups in total. The SMILES string of the molecule is CC(C)NC(=O)C1Cn2c(nnc2C(C)C)CN1. The van der Waals surface area contributed by atoms with Gasteiger partial charge in [0.05, 0.1) is 6.54 Å². The van der Waals surface area contributed by atoms with E-state index in [1.807, 2.05) is 13.8 Å². The summed E-state index contributed by atoms with van der Waals surface area (Å²) >= 11 is 0. The number of nitrogens with one attached hydrogen (secondary N) is 2. The van der Waals surface area contributed by atoms with E-state index in [0.717, 1.165) is 11.6 Å². The number of fused-ring (bicyclic) bond motifs is 1. The highest BCUT2D eigenvalue weighted by Crippen LogP contribution is 2.16. The number of amides is 1. The Morgan fingerprint density at radius 1 is 1.39 bits per heavy atom. The van der Waals surface area contributed by atoms with Crippen molar-refractivity contribution in [2.45, 2.75) is 58.8 Å². The first-order chi connectivity index (χ1) is 8.49. The molecule has 0 spiro atoms. The Morgan fingerprint density at radius 2 is 2.11 bits per heavy atom. The fourth-order valence-corrected chi connectivity index (χ4v) is 2.13. The summed E-state index contributed by atoms with van der Waals surface area (Å²) in [6, 6.07) is -0.0421. The summed E-state index contributed by atoms with van der Waals surface area (Å²) < 4.78 is 2.06. The molecule has 1 amide bonds. The van der Waals surface area contributed by atoms with Gasteiger partial charge >= 0.3 is 0 Å². The Hall–Kier alpha value is -1.43. The molecule has 1 aromatic heterocycles. The molecule has 6 nitrogen and oxygen atoms in total. The molecule has 1 aliphatic heterocycles. The summed E-state index contributed by atoms with van der Waals surface area (Å²) in [4.78, 5) is 12.0. The van der Waals surface area contributed by atoms with Gasteiger partial charge < -0.3 is 9.88 Å². The monoisotopic (exact) mass is 251 g/mol. The zero-order valence-electron chi connectivity index (χ0n) is 11.4. The lowest BCUT2D eigenvalue weighted by atomic mass is 10.1. The van der Waals surface area contributed by atoms with Crippen molar-refractivity contribution in [2.75, 3.05) is 0 Å². The van der Waals surface area contributed by atoms with Crippen LogP contribution >= 0.6 is 0 Å².